The molecule has 1 aliphatic carbocycles. The average Bonchev–Trinajstić information content (AvgIpc) is 2.89. The van der Waals surface area contributed by atoms with Crippen LogP contribution in [0.5, 0.6) is 5.75 Å². The standard InChI is InChI=1S/C20H24N2O3/c1-13-6-5-8-16(10-13)25-12-14(2)21-20(24)22-19-17-9-4-3-7-15(17)11-18(19)23/h3-10,14,18-19,23H,11-12H2,1-2H3,(H2,21,22,24)/t14?,18-,19+/m0/s1. The molecule has 132 valence electrons. The highest BCUT2D eigenvalue weighted by atomic mass is 16.5. The van der Waals surface area contributed by atoms with Gasteiger partial charge in [0.25, 0.3) is 0 Å². The van der Waals surface area contributed by atoms with Gasteiger partial charge in [0.05, 0.1) is 18.2 Å². The van der Waals surface area contributed by atoms with E-state index in [4.69, 9.17) is 4.74 Å². The van der Waals surface area contributed by atoms with Crippen molar-refractivity contribution in [3.8, 4) is 5.75 Å². The van der Waals surface area contributed by atoms with E-state index in [1.807, 2.05) is 62.4 Å². The van der Waals surface area contributed by atoms with Crippen molar-refractivity contribution in [2.24, 2.45) is 0 Å². The lowest BCUT2D eigenvalue weighted by Crippen LogP contribution is -2.46. The van der Waals surface area contributed by atoms with Crippen LogP contribution in [0.15, 0.2) is 48.5 Å². The first-order valence-electron chi connectivity index (χ1n) is 8.55. The Labute approximate surface area is 148 Å². The molecule has 0 saturated heterocycles. The number of benzene rings is 2. The van der Waals surface area contributed by atoms with E-state index < -0.39 is 6.10 Å². The number of hydrogen-bond donors (Lipinski definition) is 3. The molecule has 5 nitrogen and oxygen atoms in total. The zero-order valence-electron chi connectivity index (χ0n) is 14.5. The lowest BCUT2D eigenvalue weighted by molar-refractivity contribution is 0.141. The maximum absolute atomic E-state index is 12.2. The number of urea groups is 1. The Morgan fingerprint density at radius 2 is 2.08 bits per heavy atom. The fraction of sp³-hybridized carbons (Fsp3) is 0.350. The number of fused-ring (bicyclic) bond motifs is 1. The summed E-state index contributed by atoms with van der Waals surface area (Å²) in [6.45, 7) is 4.27. The number of rotatable bonds is 5. The largest absolute Gasteiger partial charge is 0.491 e. The maximum atomic E-state index is 12.2. The van der Waals surface area contributed by atoms with Gasteiger partial charge in [-0.2, -0.15) is 0 Å². The van der Waals surface area contributed by atoms with Crippen LogP contribution >= 0.6 is 0 Å². The topological polar surface area (TPSA) is 70.6 Å². The molecule has 3 rings (SSSR count). The third-order valence-electron chi connectivity index (χ3n) is 4.36. The molecule has 0 heterocycles. The number of carbonyl (C=O) groups is 1. The first-order valence-corrected chi connectivity index (χ1v) is 8.55. The number of aliphatic hydroxyl groups is 1. The van der Waals surface area contributed by atoms with Gasteiger partial charge in [0.15, 0.2) is 0 Å². The first kappa shape index (κ1) is 17.3. The lowest BCUT2D eigenvalue weighted by atomic mass is 10.1. The molecule has 0 saturated carbocycles. The van der Waals surface area contributed by atoms with Crippen LogP contribution in [0.3, 0.4) is 0 Å². The molecule has 2 amide bonds. The Kier molecular flexibility index (Phi) is 5.24. The molecular weight excluding hydrogens is 316 g/mol. The van der Waals surface area contributed by atoms with Crippen LogP contribution in [-0.2, 0) is 6.42 Å². The Bertz CT molecular complexity index is 747. The lowest BCUT2D eigenvalue weighted by Gasteiger charge is -2.21. The molecule has 0 aliphatic heterocycles. The van der Waals surface area contributed by atoms with E-state index in [0.717, 1.165) is 22.4 Å². The van der Waals surface area contributed by atoms with Gasteiger partial charge in [0, 0.05) is 6.42 Å². The molecule has 5 heteroatoms. The summed E-state index contributed by atoms with van der Waals surface area (Å²) in [5, 5.41) is 15.9. The second-order valence-electron chi connectivity index (χ2n) is 6.59. The molecule has 0 radical (unpaired) electrons. The van der Waals surface area contributed by atoms with Gasteiger partial charge in [-0.3, -0.25) is 0 Å². The molecule has 25 heavy (non-hydrogen) atoms. The summed E-state index contributed by atoms with van der Waals surface area (Å²) < 4.78 is 5.70. The van der Waals surface area contributed by atoms with E-state index in [1.165, 1.54) is 0 Å². The normalized spacial score (nSPS) is 19.8. The predicted molar refractivity (Wildman–Crippen MR) is 96.7 cm³/mol. The van der Waals surface area contributed by atoms with Gasteiger partial charge in [-0.1, -0.05) is 36.4 Å². The van der Waals surface area contributed by atoms with Crippen molar-refractivity contribution in [3.05, 3.63) is 65.2 Å². The fourth-order valence-corrected chi connectivity index (χ4v) is 3.12. The highest BCUT2D eigenvalue weighted by Gasteiger charge is 2.31. The van der Waals surface area contributed by atoms with Crippen molar-refractivity contribution in [2.75, 3.05) is 6.61 Å². The number of nitrogens with one attached hydrogen (secondary N) is 2. The van der Waals surface area contributed by atoms with Crippen molar-refractivity contribution in [3.63, 3.8) is 0 Å². The van der Waals surface area contributed by atoms with Gasteiger partial charge in [0.2, 0.25) is 0 Å². The molecule has 1 aliphatic rings. The molecule has 0 spiro atoms. The van der Waals surface area contributed by atoms with E-state index >= 15 is 0 Å². The van der Waals surface area contributed by atoms with Crippen molar-refractivity contribution in [1.82, 2.24) is 10.6 Å². The van der Waals surface area contributed by atoms with Crippen molar-refractivity contribution >= 4 is 6.03 Å². The summed E-state index contributed by atoms with van der Waals surface area (Å²) in [5.74, 6) is 0.786. The highest BCUT2D eigenvalue weighted by Crippen LogP contribution is 2.31. The molecule has 0 aromatic heterocycles. The van der Waals surface area contributed by atoms with Gasteiger partial charge in [0.1, 0.15) is 12.4 Å². The minimum Gasteiger partial charge on any atom is -0.491 e. The van der Waals surface area contributed by atoms with Crippen LogP contribution in [-0.4, -0.2) is 29.9 Å². The van der Waals surface area contributed by atoms with Crippen molar-refractivity contribution in [1.29, 1.82) is 0 Å². The van der Waals surface area contributed by atoms with Crippen molar-refractivity contribution in [2.45, 2.75) is 38.5 Å². The molecule has 0 bridgehead atoms. The number of amides is 2. The first-order chi connectivity index (χ1) is 12.0. The number of ether oxygens (including phenoxy) is 1. The van der Waals surface area contributed by atoms with E-state index in [9.17, 15) is 9.90 Å². The summed E-state index contributed by atoms with van der Waals surface area (Å²) in [6.07, 6.45) is -0.0327. The smallest absolute Gasteiger partial charge is 0.315 e. The quantitative estimate of drug-likeness (QED) is 0.784. The molecule has 2 aromatic carbocycles. The van der Waals surface area contributed by atoms with Crippen molar-refractivity contribution < 1.29 is 14.6 Å². The average molecular weight is 340 g/mol. The van der Waals surface area contributed by atoms with Crippen LogP contribution in [0.2, 0.25) is 0 Å². The SMILES string of the molecule is Cc1cccc(OCC(C)NC(=O)N[C@@H]2c3ccccc3C[C@@H]2O)c1. The zero-order chi connectivity index (χ0) is 17.8. The van der Waals surface area contributed by atoms with E-state index in [1.54, 1.807) is 0 Å². The van der Waals surface area contributed by atoms with Gasteiger partial charge in [-0.05, 0) is 42.7 Å². The molecule has 3 atom stereocenters. The van der Waals surface area contributed by atoms with E-state index in [0.29, 0.717) is 13.0 Å². The van der Waals surface area contributed by atoms with Gasteiger partial charge >= 0.3 is 6.03 Å². The molecule has 3 N–H and O–H groups in total. The summed E-state index contributed by atoms with van der Waals surface area (Å²) in [5.41, 5.74) is 3.19. The summed E-state index contributed by atoms with van der Waals surface area (Å²) in [4.78, 5) is 12.2. The van der Waals surface area contributed by atoms with Crippen LogP contribution < -0.4 is 15.4 Å². The summed E-state index contributed by atoms with van der Waals surface area (Å²) in [7, 11) is 0. The number of hydrogen-bond acceptors (Lipinski definition) is 3. The van der Waals surface area contributed by atoms with Crippen LogP contribution in [0, 0.1) is 6.92 Å². The van der Waals surface area contributed by atoms with Crippen LogP contribution in [0.25, 0.3) is 0 Å². The van der Waals surface area contributed by atoms with Crippen LogP contribution in [0.1, 0.15) is 29.7 Å². The fourth-order valence-electron chi connectivity index (χ4n) is 3.12. The Balaban J connectivity index is 1.50. The summed E-state index contributed by atoms with van der Waals surface area (Å²) in [6, 6.07) is 14.7. The third-order valence-corrected chi connectivity index (χ3v) is 4.36. The maximum Gasteiger partial charge on any atom is 0.315 e. The molecule has 1 unspecified atom stereocenters. The summed E-state index contributed by atoms with van der Waals surface area (Å²) >= 11 is 0. The Morgan fingerprint density at radius 1 is 1.28 bits per heavy atom. The number of carbonyl (C=O) groups excluding carboxylic acids is 1. The monoisotopic (exact) mass is 340 g/mol. The molecular formula is C20H24N2O3. The Morgan fingerprint density at radius 3 is 2.88 bits per heavy atom. The Hall–Kier alpha value is -2.53. The van der Waals surface area contributed by atoms with Gasteiger partial charge < -0.3 is 20.5 Å². The minimum atomic E-state index is -0.595. The van der Waals surface area contributed by atoms with Gasteiger partial charge in [-0.15, -0.1) is 0 Å². The van der Waals surface area contributed by atoms with Crippen LogP contribution in [0.4, 0.5) is 4.79 Å². The number of aliphatic hydroxyl groups excluding tert-OH is 1. The third kappa shape index (κ3) is 4.31. The second kappa shape index (κ2) is 7.57. The number of aryl methyl sites for hydroxylation is 1. The van der Waals surface area contributed by atoms with Gasteiger partial charge in [-0.25, -0.2) is 4.79 Å². The molecule has 0 fully saturated rings. The van der Waals surface area contributed by atoms with E-state index in [2.05, 4.69) is 10.6 Å². The minimum absolute atomic E-state index is 0.158. The predicted octanol–water partition coefficient (Wildman–Crippen LogP) is 2.72. The second-order valence-corrected chi connectivity index (χ2v) is 6.59. The highest BCUT2D eigenvalue weighted by molar-refractivity contribution is 5.75. The van der Waals surface area contributed by atoms with E-state index in [-0.39, 0.29) is 18.1 Å². The molecule has 2 aromatic rings. The zero-order valence-corrected chi connectivity index (χ0v) is 14.5.